The van der Waals surface area contributed by atoms with E-state index < -0.39 is 23.4 Å². The first-order valence-corrected chi connectivity index (χ1v) is 5.49. The molecule has 0 bridgehead atoms. The van der Waals surface area contributed by atoms with Crippen LogP contribution in [0.1, 0.15) is 35.7 Å². The first-order chi connectivity index (χ1) is 8.41. The number of halogens is 3. The van der Waals surface area contributed by atoms with Crippen LogP contribution in [0.15, 0.2) is 24.3 Å². The van der Waals surface area contributed by atoms with Crippen molar-refractivity contribution < 1.29 is 18.0 Å². The lowest BCUT2D eigenvalue weighted by atomic mass is 9.90. The number of alkyl halides is 3. The highest BCUT2D eigenvalue weighted by atomic mass is 19.4. The Hall–Kier alpha value is -1.83. The Labute approximate surface area is 103 Å². The molecule has 0 fully saturated rings. The third-order valence-electron chi connectivity index (χ3n) is 2.70. The van der Waals surface area contributed by atoms with E-state index in [2.05, 4.69) is 0 Å². The molecule has 0 aliphatic carbocycles. The van der Waals surface area contributed by atoms with Gasteiger partial charge in [-0.25, -0.2) is 0 Å². The van der Waals surface area contributed by atoms with Gasteiger partial charge in [-0.3, -0.25) is 4.79 Å². The second kappa shape index (κ2) is 5.67. The predicted molar refractivity (Wildman–Crippen MR) is 59.8 cm³/mol. The molecule has 0 aliphatic heterocycles. The standard InChI is InChI=1S/C13H12F3NO/c1-2-9(7-8-17)12(18)10-5-3-4-6-11(10)13(14,15)16/h3-6,9H,2,7H2,1H3. The van der Waals surface area contributed by atoms with Gasteiger partial charge in [0.1, 0.15) is 0 Å². The van der Waals surface area contributed by atoms with Crippen LogP contribution in [-0.4, -0.2) is 5.78 Å². The van der Waals surface area contributed by atoms with Crippen LogP contribution in [0, 0.1) is 17.2 Å². The van der Waals surface area contributed by atoms with Gasteiger partial charge in [0.05, 0.1) is 11.6 Å². The molecule has 1 aromatic rings. The van der Waals surface area contributed by atoms with Crippen LogP contribution < -0.4 is 0 Å². The molecule has 5 heteroatoms. The highest BCUT2D eigenvalue weighted by molar-refractivity contribution is 5.99. The van der Waals surface area contributed by atoms with Gasteiger partial charge in [0.15, 0.2) is 5.78 Å². The predicted octanol–water partition coefficient (Wildman–Crippen LogP) is 3.83. The third-order valence-corrected chi connectivity index (χ3v) is 2.70. The summed E-state index contributed by atoms with van der Waals surface area (Å²) in [6.07, 6.45) is -4.28. The molecule has 96 valence electrons. The summed E-state index contributed by atoms with van der Waals surface area (Å²) in [5.41, 5.74) is -1.29. The summed E-state index contributed by atoms with van der Waals surface area (Å²) >= 11 is 0. The van der Waals surface area contributed by atoms with E-state index in [0.717, 1.165) is 12.1 Å². The molecule has 0 amide bonds. The second-order valence-corrected chi connectivity index (χ2v) is 3.88. The molecule has 0 spiro atoms. The Balaban J connectivity index is 3.18. The second-order valence-electron chi connectivity index (χ2n) is 3.88. The van der Waals surface area contributed by atoms with Crippen LogP contribution in [0.5, 0.6) is 0 Å². The SMILES string of the molecule is CCC(CC#N)C(=O)c1ccccc1C(F)(F)F. The van der Waals surface area contributed by atoms with Crippen LogP contribution in [0.25, 0.3) is 0 Å². The van der Waals surface area contributed by atoms with Gasteiger partial charge in [-0.05, 0) is 12.5 Å². The largest absolute Gasteiger partial charge is 0.417 e. The molecular weight excluding hydrogens is 243 g/mol. The quantitative estimate of drug-likeness (QED) is 0.767. The number of hydrogen-bond acceptors (Lipinski definition) is 2. The number of benzene rings is 1. The molecule has 0 radical (unpaired) electrons. The van der Waals surface area contributed by atoms with Crippen molar-refractivity contribution in [2.75, 3.05) is 0 Å². The summed E-state index contributed by atoms with van der Waals surface area (Å²) in [7, 11) is 0. The first-order valence-electron chi connectivity index (χ1n) is 5.49. The van der Waals surface area contributed by atoms with Crippen molar-refractivity contribution >= 4 is 5.78 Å². The molecule has 1 unspecified atom stereocenters. The molecule has 1 atom stereocenters. The van der Waals surface area contributed by atoms with Crippen LogP contribution in [-0.2, 0) is 6.18 Å². The van der Waals surface area contributed by atoms with Gasteiger partial charge in [-0.1, -0.05) is 25.1 Å². The van der Waals surface area contributed by atoms with Gasteiger partial charge < -0.3 is 0 Å². The lowest BCUT2D eigenvalue weighted by Crippen LogP contribution is -2.19. The van der Waals surface area contributed by atoms with Crippen molar-refractivity contribution in [1.29, 1.82) is 5.26 Å². The minimum Gasteiger partial charge on any atom is -0.294 e. The van der Waals surface area contributed by atoms with Gasteiger partial charge in [-0.2, -0.15) is 18.4 Å². The molecule has 1 rings (SSSR count). The Kier molecular flexibility index (Phi) is 4.49. The van der Waals surface area contributed by atoms with Crippen LogP contribution in [0.2, 0.25) is 0 Å². The maximum Gasteiger partial charge on any atom is 0.417 e. The molecule has 0 aliphatic rings. The van der Waals surface area contributed by atoms with Gasteiger partial charge in [0.2, 0.25) is 0 Å². The molecule has 2 nitrogen and oxygen atoms in total. The van der Waals surface area contributed by atoms with E-state index in [1.54, 1.807) is 6.92 Å². The Morgan fingerprint density at radius 2 is 2.00 bits per heavy atom. The fourth-order valence-electron chi connectivity index (χ4n) is 1.70. The summed E-state index contributed by atoms with van der Waals surface area (Å²) < 4.78 is 38.2. The van der Waals surface area contributed by atoms with Crippen LogP contribution >= 0.6 is 0 Å². The van der Waals surface area contributed by atoms with Crippen molar-refractivity contribution in [3.63, 3.8) is 0 Å². The number of nitrogens with zero attached hydrogens (tertiary/aromatic N) is 1. The van der Waals surface area contributed by atoms with Crippen molar-refractivity contribution in [2.45, 2.75) is 25.9 Å². The fraction of sp³-hybridized carbons (Fsp3) is 0.385. The van der Waals surface area contributed by atoms with Gasteiger partial charge in [-0.15, -0.1) is 0 Å². The van der Waals surface area contributed by atoms with Gasteiger partial charge in [0.25, 0.3) is 0 Å². The lowest BCUT2D eigenvalue weighted by molar-refractivity contribution is -0.137. The zero-order valence-corrected chi connectivity index (χ0v) is 9.79. The van der Waals surface area contributed by atoms with Crippen molar-refractivity contribution in [3.05, 3.63) is 35.4 Å². The number of hydrogen-bond donors (Lipinski definition) is 0. The molecule has 0 saturated heterocycles. The van der Waals surface area contributed by atoms with E-state index in [4.69, 9.17) is 5.26 Å². The molecule has 1 aromatic carbocycles. The molecule has 18 heavy (non-hydrogen) atoms. The van der Waals surface area contributed by atoms with E-state index in [0.29, 0.717) is 6.42 Å². The summed E-state index contributed by atoms with van der Waals surface area (Å²) in [6.45, 7) is 1.68. The van der Waals surface area contributed by atoms with Crippen LogP contribution in [0.3, 0.4) is 0 Å². The van der Waals surface area contributed by atoms with Crippen molar-refractivity contribution in [3.8, 4) is 6.07 Å². The van der Waals surface area contributed by atoms with E-state index >= 15 is 0 Å². The van der Waals surface area contributed by atoms with E-state index in [1.165, 1.54) is 12.1 Å². The number of rotatable bonds is 4. The Morgan fingerprint density at radius 1 is 1.39 bits per heavy atom. The minimum atomic E-state index is -4.56. The van der Waals surface area contributed by atoms with Crippen molar-refractivity contribution in [1.82, 2.24) is 0 Å². The average molecular weight is 255 g/mol. The average Bonchev–Trinajstić information content (AvgIpc) is 2.34. The number of carbonyl (C=O) groups is 1. The monoisotopic (exact) mass is 255 g/mol. The van der Waals surface area contributed by atoms with Gasteiger partial charge >= 0.3 is 6.18 Å². The topological polar surface area (TPSA) is 40.9 Å². The van der Waals surface area contributed by atoms with Gasteiger partial charge in [0, 0.05) is 17.9 Å². The normalized spacial score (nSPS) is 12.8. The van der Waals surface area contributed by atoms with Crippen LogP contribution in [0.4, 0.5) is 13.2 Å². The minimum absolute atomic E-state index is 0.0679. The van der Waals surface area contributed by atoms with Crippen molar-refractivity contribution in [2.24, 2.45) is 5.92 Å². The number of Topliss-reactive ketones (excluding diaryl/α,β-unsaturated/α-hetero) is 1. The Bertz CT molecular complexity index is 474. The fourth-order valence-corrected chi connectivity index (χ4v) is 1.70. The molecule has 0 aromatic heterocycles. The highest BCUT2D eigenvalue weighted by Crippen LogP contribution is 2.33. The maximum absolute atomic E-state index is 12.7. The Morgan fingerprint density at radius 3 is 2.50 bits per heavy atom. The highest BCUT2D eigenvalue weighted by Gasteiger charge is 2.35. The first kappa shape index (κ1) is 14.2. The molecular formula is C13H12F3NO. The molecule has 0 heterocycles. The number of ketones is 1. The molecule has 0 saturated carbocycles. The zero-order valence-electron chi connectivity index (χ0n) is 9.79. The summed E-state index contributed by atoms with van der Waals surface area (Å²) in [4.78, 5) is 12.0. The summed E-state index contributed by atoms with van der Waals surface area (Å²) in [6, 6.07) is 6.50. The summed E-state index contributed by atoms with van der Waals surface area (Å²) in [5, 5.41) is 8.57. The van der Waals surface area contributed by atoms with E-state index in [-0.39, 0.29) is 12.0 Å². The van der Waals surface area contributed by atoms with E-state index in [9.17, 15) is 18.0 Å². The maximum atomic E-state index is 12.7. The molecule has 0 N–H and O–H groups in total. The number of carbonyl (C=O) groups excluding carboxylic acids is 1. The number of nitriles is 1. The third kappa shape index (κ3) is 3.10. The lowest BCUT2D eigenvalue weighted by Gasteiger charge is -2.15. The summed E-state index contributed by atoms with van der Waals surface area (Å²) in [5.74, 6) is -1.30. The van der Waals surface area contributed by atoms with E-state index in [1.807, 2.05) is 6.07 Å². The smallest absolute Gasteiger partial charge is 0.294 e. The zero-order chi connectivity index (χ0) is 13.8.